The van der Waals surface area contributed by atoms with Crippen molar-refractivity contribution in [2.45, 2.75) is 25.4 Å². The molecule has 1 aliphatic rings. The Balaban J connectivity index is 1.36. The van der Waals surface area contributed by atoms with E-state index in [4.69, 9.17) is 4.74 Å². The smallest absolute Gasteiger partial charge is 0.251 e. The number of amides is 1. The van der Waals surface area contributed by atoms with Crippen LogP contribution in [0.5, 0.6) is 0 Å². The molecule has 0 aliphatic carbocycles. The average molecular weight is 384 g/mol. The Kier molecular flexibility index (Phi) is 5.43. The summed E-state index contributed by atoms with van der Waals surface area (Å²) in [6.45, 7) is 1.86. The van der Waals surface area contributed by atoms with Crippen molar-refractivity contribution >= 4 is 17.4 Å². The fraction of sp³-hybridized carbons (Fsp3) is 0.368. The molecular formula is C19H21FN6O2. The highest BCUT2D eigenvalue weighted by atomic mass is 19.1. The van der Waals surface area contributed by atoms with E-state index in [2.05, 4.69) is 25.9 Å². The molecule has 0 bridgehead atoms. The number of carbonyl (C=O) groups excluding carboxylic acids is 1. The van der Waals surface area contributed by atoms with E-state index in [1.165, 1.54) is 18.2 Å². The van der Waals surface area contributed by atoms with E-state index >= 15 is 0 Å². The van der Waals surface area contributed by atoms with Crippen LogP contribution in [0.15, 0.2) is 36.4 Å². The van der Waals surface area contributed by atoms with E-state index in [0.29, 0.717) is 36.8 Å². The van der Waals surface area contributed by atoms with Crippen molar-refractivity contribution in [3.63, 3.8) is 0 Å². The van der Waals surface area contributed by atoms with Crippen molar-refractivity contribution in [3.8, 4) is 0 Å². The highest BCUT2D eigenvalue weighted by molar-refractivity contribution is 5.94. The molecular weight excluding hydrogens is 363 g/mol. The maximum Gasteiger partial charge on any atom is 0.251 e. The van der Waals surface area contributed by atoms with Crippen molar-refractivity contribution in [3.05, 3.63) is 53.6 Å². The van der Waals surface area contributed by atoms with Gasteiger partial charge in [0.15, 0.2) is 11.5 Å². The third-order valence-electron chi connectivity index (χ3n) is 4.58. The van der Waals surface area contributed by atoms with Gasteiger partial charge in [0.05, 0.1) is 6.10 Å². The minimum absolute atomic E-state index is 0.218. The van der Waals surface area contributed by atoms with E-state index < -0.39 is 5.82 Å². The standard InChI is InChI=1S/C19H21FN6O2/c20-14-4-1-3-13(11-14)19(27)21-9-8-18-24-23-17-7-6-16(25-26(17)18)22-12-15-5-2-10-28-15/h1,3-4,6-7,11,15H,2,5,8-10,12H2,(H,21,27)(H,22,25). The Morgan fingerprint density at radius 1 is 1.29 bits per heavy atom. The molecule has 0 spiro atoms. The van der Waals surface area contributed by atoms with Crippen molar-refractivity contribution in [1.29, 1.82) is 0 Å². The lowest BCUT2D eigenvalue weighted by Crippen LogP contribution is -2.26. The Hall–Kier alpha value is -3.07. The summed E-state index contributed by atoms with van der Waals surface area (Å²) < 4.78 is 20.5. The van der Waals surface area contributed by atoms with Crippen LogP contribution in [-0.2, 0) is 11.2 Å². The minimum Gasteiger partial charge on any atom is -0.376 e. The van der Waals surface area contributed by atoms with Gasteiger partial charge in [0.25, 0.3) is 5.91 Å². The van der Waals surface area contributed by atoms with Crippen LogP contribution in [0.2, 0.25) is 0 Å². The predicted octanol–water partition coefficient (Wildman–Crippen LogP) is 1.83. The number of nitrogens with zero attached hydrogens (tertiary/aromatic N) is 4. The van der Waals surface area contributed by atoms with Crippen LogP contribution in [0.25, 0.3) is 5.65 Å². The lowest BCUT2D eigenvalue weighted by molar-refractivity contribution is 0.0953. The number of fused-ring (bicyclic) bond motifs is 1. The number of hydrogen-bond acceptors (Lipinski definition) is 6. The number of ether oxygens (including phenoxy) is 1. The Morgan fingerprint density at radius 3 is 3.04 bits per heavy atom. The largest absolute Gasteiger partial charge is 0.376 e. The highest BCUT2D eigenvalue weighted by Gasteiger charge is 2.15. The zero-order valence-corrected chi connectivity index (χ0v) is 15.3. The summed E-state index contributed by atoms with van der Waals surface area (Å²) in [5, 5.41) is 18.8. The summed E-state index contributed by atoms with van der Waals surface area (Å²) >= 11 is 0. The molecule has 2 N–H and O–H groups in total. The number of rotatable bonds is 7. The van der Waals surface area contributed by atoms with Gasteiger partial charge < -0.3 is 15.4 Å². The maximum absolute atomic E-state index is 13.2. The van der Waals surface area contributed by atoms with Crippen LogP contribution in [0.3, 0.4) is 0 Å². The van der Waals surface area contributed by atoms with Gasteiger partial charge in [0.2, 0.25) is 0 Å². The van der Waals surface area contributed by atoms with Crippen LogP contribution in [0.4, 0.5) is 10.2 Å². The molecule has 28 heavy (non-hydrogen) atoms. The van der Waals surface area contributed by atoms with E-state index in [9.17, 15) is 9.18 Å². The van der Waals surface area contributed by atoms with Crippen LogP contribution in [-0.4, -0.2) is 51.5 Å². The van der Waals surface area contributed by atoms with E-state index in [1.54, 1.807) is 10.6 Å². The SMILES string of the molecule is O=C(NCCc1nnc2ccc(NCC3CCCO3)nn12)c1cccc(F)c1. The maximum atomic E-state index is 13.2. The molecule has 1 fully saturated rings. The molecule has 1 amide bonds. The van der Waals surface area contributed by atoms with Gasteiger partial charge in [0, 0.05) is 31.7 Å². The molecule has 1 unspecified atom stereocenters. The highest BCUT2D eigenvalue weighted by Crippen LogP contribution is 2.13. The Labute approximate surface area is 161 Å². The van der Waals surface area contributed by atoms with Gasteiger partial charge in [-0.15, -0.1) is 15.3 Å². The van der Waals surface area contributed by atoms with Crippen molar-refractivity contribution in [2.75, 3.05) is 25.0 Å². The number of aromatic nitrogens is 4. The molecule has 8 nitrogen and oxygen atoms in total. The van der Waals surface area contributed by atoms with Crippen molar-refractivity contribution in [1.82, 2.24) is 25.1 Å². The minimum atomic E-state index is -0.441. The molecule has 3 aromatic rings. The summed E-state index contributed by atoms with van der Waals surface area (Å²) in [5.41, 5.74) is 0.916. The Morgan fingerprint density at radius 2 is 2.21 bits per heavy atom. The van der Waals surface area contributed by atoms with Gasteiger partial charge in [-0.25, -0.2) is 4.39 Å². The molecule has 1 aliphatic heterocycles. The molecule has 1 saturated heterocycles. The van der Waals surface area contributed by atoms with Crippen LogP contribution in [0.1, 0.15) is 29.0 Å². The third kappa shape index (κ3) is 4.25. The topological polar surface area (TPSA) is 93.4 Å². The second-order valence-corrected chi connectivity index (χ2v) is 6.64. The van der Waals surface area contributed by atoms with Gasteiger partial charge in [-0.2, -0.15) is 4.52 Å². The fourth-order valence-electron chi connectivity index (χ4n) is 3.13. The zero-order valence-electron chi connectivity index (χ0n) is 15.3. The Bertz CT molecular complexity index is 970. The molecule has 0 saturated carbocycles. The number of carbonyl (C=O) groups is 1. The van der Waals surface area contributed by atoms with Gasteiger partial charge in [0.1, 0.15) is 11.6 Å². The van der Waals surface area contributed by atoms with Gasteiger partial charge in [-0.1, -0.05) is 6.07 Å². The quantitative estimate of drug-likeness (QED) is 0.646. The summed E-state index contributed by atoms with van der Waals surface area (Å²) in [6, 6.07) is 9.27. The first-order valence-corrected chi connectivity index (χ1v) is 9.29. The van der Waals surface area contributed by atoms with Crippen LogP contribution < -0.4 is 10.6 Å². The predicted molar refractivity (Wildman–Crippen MR) is 101 cm³/mol. The van der Waals surface area contributed by atoms with Crippen molar-refractivity contribution in [2.24, 2.45) is 0 Å². The lowest BCUT2D eigenvalue weighted by Gasteiger charge is -2.11. The van der Waals surface area contributed by atoms with E-state index in [0.717, 1.165) is 19.4 Å². The molecule has 146 valence electrons. The number of benzene rings is 1. The molecule has 0 radical (unpaired) electrons. The second-order valence-electron chi connectivity index (χ2n) is 6.64. The number of anilines is 1. The van der Waals surface area contributed by atoms with E-state index in [-0.39, 0.29) is 17.6 Å². The normalized spacial score (nSPS) is 16.4. The monoisotopic (exact) mass is 384 g/mol. The average Bonchev–Trinajstić information content (AvgIpc) is 3.36. The molecule has 3 heterocycles. The molecule has 4 rings (SSSR count). The molecule has 2 aromatic heterocycles. The van der Waals surface area contributed by atoms with Gasteiger partial charge in [-0.05, 0) is 43.2 Å². The first kappa shape index (κ1) is 18.3. The molecule has 1 aromatic carbocycles. The van der Waals surface area contributed by atoms with Gasteiger partial charge in [-0.3, -0.25) is 4.79 Å². The fourth-order valence-corrected chi connectivity index (χ4v) is 3.13. The second kappa shape index (κ2) is 8.30. The number of halogens is 1. The first-order chi connectivity index (χ1) is 13.7. The number of hydrogen-bond donors (Lipinski definition) is 2. The van der Waals surface area contributed by atoms with Crippen LogP contribution in [0, 0.1) is 5.82 Å². The summed E-state index contributed by atoms with van der Waals surface area (Å²) in [6.07, 6.45) is 2.81. The molecule has 9 heteroatoms. The zero-order chi connectivity index (χ0) is 19.3. The summed E-state index contributed by atoms with van der Waals surface area (Å²) in [4.78, 5) is 12.1. The van der Waals surface area contributed by atoms with Crippen LogP contribution >= 0.6 is 0 Å². The molecule has 1 atom stereocenters. The number of nitrogens with one attached hydrogen (secondary N) is 2. The summed E-state index contributed by atoms with van der Waals surface area (Å²) in [7, 11) is 0. The van der Waals surface area contributed by atoms with Gasteiger partial charge >= 0.3 is 0 Å². The lowest BCUT2D eigenvalue weighted by atomic mass is 10.2. The summed E-state index contributed by atoms with van der Waals surface area (Å²) in [5.74, 6) is 0.576. The first-order valence-electron chi connectivity index (χ1n) is 9.29. The third-order valence-corrected chi connectivity index (χ3v) is 4.58. The van der Waals surface area contributed by atoms with Crippen molar-refractivity contribution < 1.29 is 13.9 Å². The van der Waals surface area contributed by atoms with E-state index in [1.807, 2.05) is 12.1 Å².